The highest BCUT2D eigenvalue weighted by molar-refractivity contribution is 7.19. The minimum absolute atomic E-state index is 0.0124. The van der Waals surface area contributed by atoms with E-state index < -0.39 is 5.97 Å². The molecule has 0 saturated heterocycles. The Morgan fingerprint density at radius 3 is 0.941 bits per heavy atom. The van der Waals surface area contributed by atoms with Crippen molar-refractivity contribution in [1.82, 2.24) is 19.9 Å². The summed E-state index contributed by atoms with van der Waals surface area (Å²) in [4.78, 5) is 42.2. The summed E-state index contributed by atoms with van der Waals surface area (Å²) in [6, 6.07) is 69.9. The molecule has 12 rings (SSSR count). The Hall–Kier alpha value is -10.5. The minimum Gasteiger partial charge on any atom is -0.494 e. The highest BCUT2D eigenvalue weighted by atomic mass is 32.1. The fourth-order valence-corrected chi connectivity index (χ4v) is 17.0. The van der Waals surface area contributed by atoms with Crippen LogP contribution in [0.25, 0.3) is 104 Å². The second-order valence-electron chi connectivity index (χ2n) is 35.3. The van der Waals surface area contributed by atoms with Gasteiger partial charge in [0.05, 0.1) is 49.2 Å². The van der Waals surface area contributed by atoms with Crippen LogP contribution in [0, 0.1) is 35.0 Å². The number of carboxylic acids is 1. The molecule has 0 atom stereocenters. The standard InChI is InChI=1S/C104H120N6O6S2/c1-69(2)27-19-15-23-63-113-84-51-33-74(34-52-84)94-96(76-37-55-86(56-38-76)115-65-25-17-21-29-71(5)6)108-100-93(91-62-61-89(118-91)73-31-45-81(46-32-73)110(82-47-41-79(42-48-82)103(9,10)11)83-49-43-80(44-50-83)104(12,13)14)101-99(92(98(100)106-94)90-60-59-88(117-90)67-78(68-105)102(111)112)107-95(75-35-53-85(54-36-75)114-64-24-16-20-28-70(3)4)97(109-101)77-39-57-87(58-40-77)116-66-26-18-22-30-72(7)8/h31-62,67,69-72H,15-30,63-66H2,1-14H3,(H,111,112)/b78-67-. The van der Waals surface area contributed by atoms with Crippen LogP contribution < -0.4 is 23.8 Å². The number of thiophene rings is 2. The minimum atomic E-state index is -1.31. The first-order valence-corrected chi connectivity index (χ1v) is 44.7. The second-order valence-corrected chi connectivity index (χ2v) is 37.5. The molecule has 118 heavy (non-hydrogen) atoms. The van der Waals surface area contributed by atoms with Gasteiger partial charge in [-0.15, -0.1) is 22.7 Å². The summed E-state index contributed by atoms with van der Waals surface area (Å²) >= 11 is 3.02. The van der Waals surface area contributed by atoms with Crippen molar-refractivity contribution in [3.63, 3.8) is 0 Å². The Labute approximate surface area is 709 Å². The lowest BCUT2D eigenvalue weighted by Gasteiger charge is -2.28. The number of ether oxygens (including phenoxy) is 4. The van der Waals surface area contributed by atoms with Crippen molar-refractivity contribution in [1.29, 1.82) is 5.26 Å². The van der Waals surface area contributed by atoms with Crippen molar-refractivity contribution >= 4 is 73.8 Å². The number of carbonyl (C=O) groups is 1. The van der Waals surface area contributed by atoms with E-state index in [1.54, 1.807) is 11.3 Å². The third-order valence-electron chi connectivity index (χ3n) is 21.8. The van der Waals surface area contributed by atoms with Crippen LogP contribution in [0.15, 0.2) is 200 Å². The van der Waals surface area contributed by atoms with Crippen molar-refractivity contribution in [2.75, 3.05) is 31.3 Å². The molecular weight excluding hydrogens is 1490 g/mol. The molecule has 0 aliphatic heterocycles. The lowest BCUT2D eigenvalue weighted by atomic mass is 9.86. The SMILES string of the molecule is CC(C)CCCCCOc1ccc(-c2nc3c(-c4ccc(/C=C(/C#N)C(=O)O)s4)c4nc(-c5ccc(OCCCCCC(C)C)cc5)c(-c5ccc(OCCCCCC(C)C)cc5)nc4c(-c4ccc(-c5ccc(N(c6ccc(C(C)(C)C)cc6)c6ccc(C(C)(C)C)cc6)cc5)s4)c3nc2-c2ccc(OCCCCCC(C)C)cc2)cc1. The first-order chi connectivity index (χ1) is 56.8. The summed E-state index contributed by atoms with van der Waals surface area (Å²) in [6.45, 7) is 34.2. The van der Waals surface area contributed by atoms with Gasteiger partial charge < -0.3 is 29.0 Å². The molecule has 0 aliphatic carbocycles. The summed E-state index contributed by atoms with van der Waals surface area (Å²) in [5.74, 6) is 4.42. The Bertz CT molecular complexity index is 5080. The third kappa shape index (κ3) is 23.1. The summed E-state index contributed by atoms with van der Waals surface area (Å²) in [5.41, 5.74) is 15.8. The Balaban J connectivity index is 1.09. The lowest BCUT2D eigenvalue weighted by Crippen LogP contribution is -2.14. The van der Waals surface area contributed by atoms with Gasteiger partial charge >= 0.3 is 5.97 Å². The van der Waals surface area contributed by atoms with Crippen LogP contribution >= 0.6 is 22.7 Å². The first-order valence-electron chi connectivity index (χ1n) is 43.0. The number of anilines is 3. The van der Waals surface area contributed by atoms with Gasteiger partial charge in [0.25, 0.3) is 0 Å². The molecule has 4 aromatic heterocycles. The maximum absolute atomic E-state index is 12.6. The molecule has 0 aliphatic rings. The zero-order chi connectivity index (χ0) is 83.5. The topological polar surface area (TPSA) is 153 Å². The average molecular weight is 1610 g/mol. The summed E-state index contributed by atoms with van der Waals surface area (Å²) in [7, 11) is 0. The van der Waals surface area contributed by atoms with Gasteiger partial charge in [0.15, 0.2) is 0 Å². The van der Waals surface area contributed by atoms with Gasteiger partial charge in [-0.3, -0.25) is 0 Å². The summed E-state index contributed by atoms with van der Waals surface area (Å²) in [5, 5.41) is 20.5. The van der Waals surface area contributed by atoms with Gasteiger partial charge in [-0.05, 0) is 241 Å². The number of nitriles is 1. The zero-order valence-electron chi connectivity index (χ0n) is 72.0. The summed E-state index contributed by atoms with van der Waals surface area (Å²) < 4.78 is 25.8. The highest BCUT2D eigenvalue weighted by Gasteiger charge is 2.30. The molecule has 0 saturated carbocycles. The van der Waals surface area contributed by atoms with Gasteiger partial charge in [-0.25, -0.2) is 24.7 Å². The number of aliphatic carboxylic acids is 1. The van der Waals surface area contributed by atoms with Crippen molar-refractivity contribution in [3.05, 3.63) is 216 Å². The van der Waals surface area contributed by atoms with Crippen molar-refractivity contribution in [3.8, 4) is 105 Å². The van der Waals surface area contributed by atoms with Crippen LogP contribution in [0.1, 0.15) is 216 Å². The van der Waals surface area contributed by atoms with E-state index in [0.29, 0.717) is 105 Å². The van der Waals surface area contributed by atoms with E-state index in [2.05, 4.69) is 235 Å². The average Bonchev–Trinajstić information content (AvgIpc) is 1.13. The number of carboxylic acid groups (broad SMARTS) is 1. The number of aromatic nitrogens is 4. The predicted molar refractivity (Wildman–Crippen MR) is 495 cm³/mol. The Morgan fingerprint density at radius 1 is 0.373 bits per heavy atom. The Kier molecular flexibility index (Phi) is 30.0. The molecule has 0 radical (unpaired) electrons. The fourth-order valence-electron chi connectivity index (χ4n) is 14.9. The first kappa shape index (κ1) is 86.9. The van der Waals surface area contributed by atoms with Crippen molar-refractivity contribution in [2.45, 2.75) is 210 Å². The molecule has 12 aromatic rings. The number of fused-ring (bicyclic) bond motifs is 2. The molecule has 1 N–H and O–H groups in total. The molecular formula is C104H120N6O6S2. The van der Waals surface area contributed by atoms with E-state index in [1.807, 2.05) is 66.7 Å². The summed E-state index contributed by atoms with van der Waals surface area (Å²) in [6.07, 6.45) is 19.2. The van der Waals surface area contributed by atoms with Gasteiger partial charge in [-0.2, -0.15) is 5.26 Å². The van der Waals surface area contributed by atoms with E-state index in [1.165, 1.54) is 79.9 Å². The molecule has 12 nitrogen and oxygen atoms in total. The van der Waals surface area contributed by atoms with Crippen LogP contribution in [0.5, 0.6) is 23.0 Å². The molecule has 0 fully saturated rings. The van der Waals surface area contributed by atoms with Crippen LogP contribution in [0.4, 0.5) is 17.1 Å². The largest absolute Gasteiger partial charge is 0.494 e. The predicted octanol–water partition coefficient (Wildman–Crippen LogP) is 29.8. The van der Waals surface area contributed by atoms with E-state index in [4.69, 9.17) is 38.9 Å². The van der Waals surface area contributed by atoms with Crippen LogP contribution in [0.2, 0.25) is 0 Å². The van der Waals surface area contributed by atoms with E-state index >= 15 is 0 Å². The molecule has 4 heterocycles. The zero-order valence-corrected chi connectivity index (χ0v) is 73.6. The number of unbranched alkanes of at least 4 members (excludes halogenated alkanes) is 8. The van der Waals surface area contributed by atoms with Gasteiger partial charge in [-0.1, -0.05) is 210 Å². The Morgan fingerprint density at radius 2 is 0.653 bits per heavy atom. The number of hydrogen-bond acceptors (Lipinski definition) is 13. The third-order valence-corrected chi connectivity index (χ3v) is 24.0. The highest BCUT2D eigenvalue weighted by Crippen LogP contribution is 2.50. The van der Waals surface area contributed by atoms with Crippen molar-refractivity contribution in [2.24, 2.45) is 23.7 Å². The van der Waals surface area contributed by atoms with E-state index in [0.717, 1.165) is 139 Å². The van der Waals surface area contributed by atoms with Crippen LogP contribution in [-0.2, 0) is 15.6 Å². The molecule has 8 aromatic carbocycles. The quantitative estimate of drug-likeness (QED) is 0.0168. The maximum Gasteiger partial charge on any atom is 0.346 e. The number of benzene rings is 8. The van der Waals surface area contributed by atoms with Gasteiger partial charge in [0.2, 0.25) is 0 Å². The molecule has 614 valence electrons. The number of hydrogen-bond donors (Lipinski definition) is 1. The molecule has 0 bridgehead atoms. The van der Waals surface area contributed by atoms with Gasteiger partial charge in [0.1, 0.15) is 56.7 Å². The molecule has 14 heteroatoms. The normalized spacial score (nSPS) is 12.1. The van der Waals surface area contributed by atoms with E-state index in [9.17, 15) is 15.2 Å². The fraction of sp³-hybridized carbons (Fsp3) is 0.385. The molecule has 0 amide bonds. The second kappa shape index (κ2) is 40.8. The maximum atomic E-state index is 12.6. The molecule has 0 unspecified atom stereocenters. The van der Waals surface area contributed by atoms with Crippen LogP contribution in [0.3, 0.4) is 0 Å². The number of rotatable bonds is 40. The van der Waals surface area contributed by atoms with Gasteiger partial charge in [0, 0.05) is 70.0 Å². The number of nitrogens with zero attached hydrogens (tertiary/aromatic N) is 6. The smallest absolute Gasteiger partial charge is 0.346 e. The molecule has 0 spiro atoms. The monoisotopic (exact) mass is 1610 g/mol. The van der Waals surface area contributed by atoms with Crippen molar-refractivity contribution < 1.29 is 28.8 Å². The lowest BCUT2D eigenvalue weighted by molar-refractivity contribution is -0.132. The van der Waals surface area contributed by atoms with Crippen LogP contribution in [-0.4, -0.2) is 57.4 Å². The van der Waals surface area contributed by atoms with E-state index in [-0.39, 0.29) is 16.4 Å².